The van der Waals surface area contributed by atoms with Gasteiger partial charge >= 0.3 is 12.7 Å². The molecule has 3 saturated heterocycles. The second kappa shape index (κ2) is 16.5. The van der Waals surface area contributed by atoms with E-state index < -0.39 is 30.7 Å². The monoisotopic (exact) mass is 770 g/mol. The Bertz CT molecular complexity index is 1920. The van der Waals surface area contributed by atoms with E-state index >= 15 is 0 Å². The van der Waals surface area contributed by atoms with Crippen molar-refractivity contribution < 1.29 is 47.6 Å². The molecule has 4 aromatic rings. The number of carboxylic acid groups (broad SMARTS) is 1. The number of pyridine rings is 2. The van der Waals surface area contributed by atoms with E-state index in [9.17, 15) is 28.7 Å². The van der Waals surface area contributed by atoms with Gasteiger partial charge in [-0.25, -0.2) is 4.79 Å². The molecule has 0 aliphatic carbocycles. The molecular weight excluding hydrogens is 733 g/mol. The maximum Gasteiger partial charge on any atom is 0.414 e. The number of benzene rings is 2. The fourth-order valence-corrected chi connectivity index (χ4v) is 7.61. The molecular formula is C38H38Cl2F2N4O7. The van der Waals surface area contributed by atoms with Gasteiger partial charge in [-0.3, -0.25) is 20.0 Å². The molecule has 0 saturated carbocycles. The average Bonchev–Trinajstić information content (AvgIpc) is 3.11. The number of anilines is 1. The number of rotatable bonds is 13. The number of carbonyl (C=O) groups excluding carboxylic acids is 2. The molecule has 3 aliphatic heterocycles. The molecule has 2 aromatic carbocycles. The van der Waals surface area contributed by atoms with Crippen molar-refractivity contribution in [2.75, 3.05) is 24.5 Å². The van der Waals surface area contributed by atoms with E-state index in [1.54, 1.807) is 50.5 Å². The van der Waals surface area contributed by atoms with Gasteiger partial charge in [-0.1, -0.05) is 47.5 Å². The van der Waals surface area contributed by atoms with Crippen LogP contribution in [0.25, 0.3) is 0 Å². The van der Waals surface area contributed by atoms with Crippen molar-refractivity contribution >= 4 is 41.0 Å². The summed E-state index contributed by atoms with van der Waals surface area (Å²) in [7, 11) is 0. The number of hydrogen-bond donors (Lipinski definition) is 1. The Balaban J connectivity index is 1.43. The molecule has 1 N–H and O–H groups in total. The van der Waals surface area contributed by atoms with E-state index in [1.807, 2.05) is 0 Å². The summed E-state index contributed by atoms with van der Waals surface area (Å²) in [6.45, 7) is 2.92. The fourth-order valence-electron chi connectivity index (χ4n) is 7.01. The van der Waals surface area contributed by atoms with Crippen LogP contribution in [0.5, 0.6) is 11.5 Å². The molecule has 7 rings (SSSR count). The molecule has 280 valence electrons. The third-order valence-electron chi connectivity index (χ3n) is 9.50. The SMILES string of the molecule is CC(C)Oc1cc([C@H](Cc2c(Cl)c[n+](O)cc2Cl)c2cc(CN(C(=O)O[C@H]3CN4CCC3CC4)c3cccnc3)ccc2C(=O)[O-])ccc1OC(F)F. The number of alkyl halides is 2. The molecule has 53 heavy (non-hydrogen) atoms. The molecule has 0 radical (unpaired) electrons. The maximum atomic E-state index is 13.9. The van der Waals surface area contributed by atoms with Gasteiger partial charge in [-0.2, -0.15) is 8.78 Å². The zero-order valence-corrected chi connectivity index (χ0v) is 30.5. The number of hydrogen-bond acceptors (Lipinski definition) is 9. The lowest BCUT2D eigenvalue weighted by Crippen LogP contribution is -2.53. The minimum atomic E-state index is -3.13. The summed E-state index contributed by atoms with van der Waals surface area (Å²) < 4.78 is 44.1. The highest BCUT2D eigenvalue weighted by Gasteiger charge is 2.37. The lowest BCUT2D eigenvalue weighted by Gasteiger charge is -2.44. The van der Waals surface area contributed by atoms with E-state index in [0.717, 1.165) is 25.9 Å². The maximum absolute atomic E-state index is 13.9. The predicted octanol–water partition coefficient (Wildman–Crippen LogP) is 6.28. The van der Waals surface area contributed by atoms with Crippen LogP contribution in [0.15, 0.2) is 73.3 Å². The number of aromatic nitrogens is 2. The summed E-state index contributed by atoms with van der Waals surface area (Å²) in [5.74, 6) is -2.26. The highest BCUT2D eigenvalue weighted by Crippen LogP contribution is 2.40. The third-order valence-corrected chi connectivity index (χ3v) is 10.2. The van der Waals surface area contributed by atoms with Crippen molar-refractivity contribution in [3.63, 3.8) is 0 Å². The Morgan fingerprint density at radius 1 is 1.06 bits per heavy atom. The molecule has 1 amide bonds. The molecule has 3 fully saturated rings. The normalized spacial score (nSPS) is 18.5. The minimum Gasteiger partial charge on any atom is -0.545 e. The molecule has 15 heteroatoms. The van der Waals surface area contributed by atoms with Crippen molar-refractivity contribution in [1.29, 1.82) is 0 Å². The fraction of sp³-hybridized carbons (Fsp3) is 0.368. The first kappa shape index (κ1) is 38.0. The summed E-state index contributed by atoms with van der Waals surface area (Å²) >= 11 is 13.1. The van der Waals surface area contributed by atoms with Gasteiger partial charge in [0.1, 0.15) is 16.1 Å². The van der Waals surface area contributed by atoms with E-state index in [2.05, 4.69) is 9.88 Å². The number of carbonyl (C=O) groups is 2. The molecule has 3 aliphatic rings. The Kier molecular flexibility index (Phi) is 11.9. The van der Waals surface area contributed by atoms with Gasteiger partial charge in [-0.15, -0.1) is 0 Å². The van der Waals surface area contributed by atoms with Gasteiger partial charge in [0, 0.05) is 34.5 Å². The largest absolute Gasteiger partial charge is 0.545 e. The van der Waals surface area contributed by atoms with Gasteiger partial charge in [-0.05, 0) is 93.1 Å². The highest BCUT2D eigenvalue weighted by molar-refractivity contribution is 6.35. The highest BCUT2D eigenvalue weighted by atomic mass is 35.5. The van der Waals surface area contributed by atoms with Crippen molar-refractivity contribution in [1.82, 2.24) is 9.88 Å². The van der Waals surface area contributed by atoms with Gasteiger partial charge in [0.2, 0.25) is 12.4 Å². The average molecular weight is 772 g/mol. The Morgan fingerprint density at radius 2 is 1.79 bits per heavy atom. The first-order valence-corrected chi connectivity index (χ1v) is 17.9. The summed E-state index contributed by atoms with van der Waals surface area (Å²) in [5, 5.41) is 22.9. The van der Waals surface area contributed by atoms with Crippen LogP contribution < -0.4 is 24.2 Å². The van der Waals surface area contributed by atoms with Crippen molar-refractivity contribution in [2.45, 2.75) is 64.4 Å². The molecule has 2 atom stereocenters. The number of halogens is 4. The van der Waals surface area contributed by atoms with Gasteiger partial charge in [0.25, 0.3) is 0 Å². The number of fused-ring (bicyclic) bond motifs is 3. The summed E-state index contributed by atoms with van der Waals surface area (Å²) in [4.78, 5) is 34.5. The lowest BCUT2D eigenvalue weighted by molar-refractivity contribution is -0.904. The smallest absolute Gasteiger partial charge is 0.414 e. The van der Waals surface area contributed by atoms with Crippen LogP contribution in [0.3, 0.4) is 0 Å². The molecule has 2 aromatic heterocycles. The quantitative estimate of drug-likeness (QED) is 0.124. The van der Waals surface area contributed by atoms with Crippen LogP contribution in [0.1, 0.15) is 65.2 Å². The Hall–Kier alpha value is -4.72. The predicted molar refractivity (Wildman–Crippen MR) is 189 cm³/mol. The van der Waals surface area contributed by atoms with Crippen LogP contribution in [0.4, 0.5) is 19.3 Å². The van der Waals surface area contributed by atoms with Crippen molar-refractivity contribution in [2.24, 2.45) is 5.92 Å². The molecule has 0 unspecified atom stereocenters. The van der Waals surface area contributed by atoms with Gasteiger partial charge in [0.05, 0.1) is 30.5 Å². The Morgan fingerprint density at radius 3 is 2.40 bits per heavy atom. The number of piperidine rings is 3. The number of ether oxygens (including phenoxy) is 3. The molecule has 5 heterocycles. The molecule has 11 nitrogen and oxygen atoms in total. The van der Waals surface area contributed by atoms with Crippen LogP contribution >= 0.6 is 23.2 Å². The van der Waals surface area contributed by atoms with Gasteiger partial charge < -0.3 is 24.1 Å². The second-order valence-electron chi connectivity index (χ2n) is 13.4. The number of carboxylic acids is 1. The second-order valence-corrected chi connectivity index (χ2v) is 14.2. The zero-order valence-electron chi connectivity index (χ0n) is 29.0. The number of amides is 1. The van der Waals surface area contributed by atoms with Crippen LogP contribution in [-0.4, -0.2) is 65.6 Å². The van der Waals surface area contributed by atoms with E-state index in [1.165, 1.54) is 41.6 Å². The summed E-state index contributed by atoms with van der Waals surface area (Å²) in [5.41, 5.74) is 1.92. The molecule has 0 spiro atoms. The van der Waals surface area contributed by atoms with Crippen LogP contribution in [0.2, 0.25) is 10.0 Å². The van der Waals surface area contributed by atoms with E-state index in [4.69, 9.17) is 37.4 Å². The zero-order chi connectivity index (χ0) is 37.8. The number of nitrogens with zero attached hydrogens (tertiary/aromatic N) is 4. The number of aromatic carboxylic acids is 1. The van der Waals surface area contributed by atoms with Crippen LogP contribution in [0, 0.1) is 5.92 Å². The topological polar surface area (TPSA) is 128 Å². The Labute approximate surface area is 315 Å². The standard InChI is InChI=1S/C38H38Cl2F2N4O7/c1-22(2)51-34-15-25(6-8-33(34)52-37(41)42)28(16-30-31(39)19-45(50)20-32(30)40)29-14-23(5-7-27(29)36(47)48)18-46(26-4-3-11-43-17-26)38(49)53-35-21-44-12-9-24(35)10-13-44/h3-8,11,14-15,17,19-20,22,24,28,35,37H,9-10,12-13,16,18,21H2,1-2H3,(H-,47,48,50)/t28-,35-/m0/s1. The molecule has 2 bridgehead atoms. The summed E-state index contributed by atoms with van der Waals surface area (Å²) in [6.07, 6.45) is 6.24. The first-order valence-electron chi connectivity index (χ1n) is 17.1. The third kappa shape index (κ3) is 9.09. The first-order chi connectivity index (χ1) is 25.4. The van der Waals surface area contributed by atoms with Crippen molar-refractivity contribution in [3.05, 3.63) is 111 Å². The summed E-state index contributed by atoms with van der Waals surface area (Å²) in [6, 6.07) is 12.4. The lowest BCUT2D eigenvalue weighted by atomic mass is 9.82. The van der Waals surface area contributed by atoms with Gasteiger partial charge in [0.15, 0.2) is 11.5 Å². The van der Waals surface area contributed by atoms with Crippen LogP contribution in [-0.2, 0) is 17.7 Å². The van der Waals surface area contributed by atoms with E-state index in [-0.39, 0.29) is 57.7 Å². The minimum absolute atomic E-state index is 0.00523. The van der Waals surface area contributed by atoms with E-state index in [0.29, 0.717) is 33.7 Å². The van der Waals surface area contributed by atoms with Crippen molar-refractivity contribution in [3.8, 4) is 11.5 Å².